The lowest BCUT2D eigenvalue weighted by Gasteiger charge is -2.51. The smallest absolute Gasteiger partial charge is 0.306 e. The Morgan fingerprint density at radius 1 is 0.554 bits per heavy atom. The number of nitrogens with one attached hydrogen (secondary N) is 2. The van der Waals surface area contributed by atoms with Gasteiger partial charge in [-0.25, -0.2) is 0 Å². The normalized spacial score (nSPS) is 33.5. The lowest BCUT2D eigenvalue weighted by atomic mass is 9.94. The lowest BCUT2D eigenvalue weighted by molar-refractivity contribution is -0.374. The van der Waals surface area contributed by atoms with Crippen LogP contribution in [0.25, 0.3) is 11.1 Å². The maximum absolute atomic E-state index is 13.4. The fourth-order valence-electron chi connectivity index (χ4n) is 9.50. The average Bonchev–Trinajstić information content (AvgIpc) is 3.62. The van der Waals surface area contributed by atoms with Gasteiger partial charge in [-0.15, -0.1) is 0 Å². The van der Waals surface area contributed by atoms with Crippen molar-refractivity contribution < 1.29 is 80.7 Å². The Balaban J connectivity index is 1.11. The highest BCUT2D eigenvalue weighted by atomic mass is 16.8. The molecule has 3 heterocycles. The number of hydrogen-bond acceptors (Lipinski definition) is 17. The molecule has 3 fully saturated rings. The van der Waals surface area contributed by atoms with Crippen molar-refractivity contribution in [1.29, 1.82) is 0 Å². The standard InChI is InChI=1S/C46H66N2O17/c1-24-35(47-25(2)49)38(54-5)42(58-9)45(61-24)64-37-32(23-53-4)63-46(43(59-10)40(37)56-7)65-36-31(22-52-3)62-44(41(57-8)39(36)55-6)48-33(50)19-20-34(51)60-21-30-28-17-13-11-15-26(28)27-16-12-14-18-29(27)30/h11-18,24,30-32,35-46H,19-23H2,1-10H3,(H,47,49)(H,48,50)/t24?,31?,32?,35-,36-,37-,38-,39-,40-,41?,42?,43?,44?,45-,46-/m0/s1. The van der Waals surface area contributed by atoms with Gasteiger partial charge in [0.25, 0.3) is 0 Å². The molecule has 19 heteroatoms. The second-order valence-corrected chi connectivity index (χ2v) is 16.4. The average molecular weight is 919 g/mol. The van der Waals surface area contributed by atoms with Crippen LogP contribution in [0.3, 0.4) is 0 Å². The molecule has 0 spiro atoms. The molecule has 2 aromatic rings. The largest absolute Gasteiger partial charge is 0.465 e. The summed E-state index contributed by atoms with van der Waals surface area (Å²) in [6.07, 6.45) is -12.2. The summed E-state index contributed by atoms with van der Waals surface area (Å²) in [7, 11) is 12.0. The minimum atomic E-state index is -1.11. The van der Waals surface area contributed by atoms with Crippen molar-refractivity contribution in [3.05, 3.63) is 59.7 Å². The summed E-state index contributed by atoms with van der Waals surface area (Å²) in [6, 6.07) is 15.6. The first-order chi connectivity index (χ1) is 31.5. The highest BCUT2D eigenvalue weighted by Gasteiger charge is 2.56. The molecule has 3 saturated heterocycles. The molecule has 0 saturated carbocycles. The van der Waals surface area contributed by atoms with Gasteiger partial charge in [-0.05, 0) is 29.2 Å². The van der Waals surface area contributed by atoms with Gasteiger partial charge in [-0.2, -0.15) is 0 Å². The fraction of sp³-hybridized carbons (Fsp3) is 0.674. The minimum Gasteiger partial charge on any atom is -0.465 e. The van der Waals surface area contributed by atoms with E-state index >= 15 is 0 Å². The van der Waals surface area contributed by atoms with Gasteiger partial charge in [-0.1, -0.05) is 48.5 Å². The Morgan fingerprint density at radius 2 is 1.05 bits per heavy atom. The van der Waals surface area contributed by atoms with Crippen LogP contribution in [0.5, 0.6) is 0 Å². The van der Waals surface area contributed by atoms with E-state index in [0.29, 0.717) is 0 Å². The van der Waals surface area contributed by atoms with Crippen LogP contribution in [0.15, 0.2) is 48.5 Å². The minimum absolute atomic E-state index is 0.0220. The van der Waals surface area contributed by atoms with Crippen LogP contribution >= 0.6 is 0 Å². The van der Waals surface area contributed by atoms with Crippen molar-refractivity contribution in [3.63, 3.8) is 0 Å². The zero-order valence-corrected chi connectivity index (χ0v) is 38.8. The van der Waals surface area contributed by atoms with Gasteiger partial charge in [0.1, 0.15) is 67.6 Å². The number of rotatable bonds is 21. The van der Waals surface area contributed by atoms with E-state index in [-0.39, 0.29) is 44.5 Å². The third-order valence-electron chi connectivity index (χ3n) is 12.5. The number of esters is 1. The van der Waals surface area contributed by atoms with Crippen molar-refractivity contribution in [2.75, 3.05) is 76.7 Å². The molecule has 2 amide bonds. The first-order valence-electron chi connectivity index (χ1n) is 21.8. The zero-order valence-electron chi connectivity index (χ0n) is 38.8. The van der Waals surface area contributed by atoms with E-state index in [1.54, 1.807) is 6.92 Å². The summed E-state index contributed by atoms with van der Waals surface area (Å²) < 4.78 is 85.2. The molecule has 65 heavy (non-hydrogen) atoms. The van der Waals surface area contributed by atoms with Gasteiger partial charge in [0.05, 0.1) is 31.8 Å². The second-order valence-electron chi connectivity index (χ2n) is 16.4. The lowest BCUT2D eigenvalue weighted by Crippen LogP contribution is -2.69. The highest BCUT2D eigenvalue weighted by molar-refractivity contribution is 5.82. The second kappa shape index (κ2) is 23.9. The molecule has 15 atom stereocenters. The molecule has 7 unspecified atom stereocenters. The molecule has 2 aromatic carbocycles. The summed E-state index contributed by atoms with van der Waals surface area (Å²) in [6.45, 7) is 3.45. The van der Waals surface area contributed by atoms with E-state index in [9.17, 15) is 14.4 Å². The quantitative estimate of drug-likeness (QED) is 0.172. The topological polar surface area (TPSA) is 204 Å². The Hall–Kier alpha value is -3.67. The van der Waals surface area contributed by atoms with Crippen LogP contribution in [0.1, 0.15) is 43.7 Å². The number of fused-ring (bicyclic) bond motifs is 3. The van der Waals surface area contributed by atoms with E-state index < -0.39 is 104 Å². The van der Waals surface area contributed by atoms with Gasteiger partial charge in [0.15, 0.2) is 18.8 Å². The third-order valence-corrected chi connectivity index (χ3v) is 12.5. The van der Waals surface area contributed by atoms with Gasteiger partial charge in [0.2, 0.25) is 11.8 Å². The third kappa shape index (κ3) is 11.4. The number of methoxy groups -OCH3 is 8. The predicted molar refractivity (Wildman–Crippen MR) is 230 cm³/mol. The number of carbonyl (C=O) groups is 3. The van der Waals surface area contributed by atoms with Crippen molar-refractivity contribution in [1.82, 2.24) is 10.6 Å². The fourth-order valence-corrected chi connectivity index (χ4v) is 9.50. The number of hydrogen-bond donors (Lipinski definition) is 2. The molecular formula is C46H66N2O17. The van der Waals surface area contributed by atoms with Gasteiger partial charge >= 0.3 is 5.97 Å². The van der Waals surface area contributed by atoms with Crippen molar-refractivity contribution in [2.24, 2.45) is 0 Å². The van der Waals surface area contributed by atoms with Crippen LogP contribution in [0.2, 0.25) is 0 Å². The molecule has 0 radical (unpaired) electrons. The van der Waals surface area contributed by atoms with Gasteiger partial charge < -0.3 is 76.9 Å². The van der Waals surface area contributed by atoms with Crippen molar-refractivity contribution in [3.8, 4) is 11.1 Å². The predicted octanol–water partition coefficient (Wildman–Crippen LogP) is 2.09. The molecule has 0 bridgehead atoms. The molecule has 2 N–H and O–H groups in total. The van der Waals surface area contributed by atoms with Crippen LogP contribution in [0.4, 0.5) is 0 Å². The Kier molecular flexibility index (Phi) is 18.6. The number of carbonyl (C=O) groups excluding carboxylic acids is 3. The van der Waals surface area contributed by atoms with Crippen LogP contribution in [0, 0.1) is 0 Å². The van der Waals surface area contributed by atoms with E-state index in [0.717, 1.165) is 22.3 Å². The maximum atomic E-state index is 13.4. The molecular weight excluding hydrogens is 853 g/mol. The van der Waals surface area contributed by atoms with Crippen molar-refractivity contribution in [2.45, 2.75) is 125 Å². The summed E-state index contributed by atoms with van der Waals surface area (Å²) in [5.41, 5.74) is 4.44. The number of benzene rings is 2. The monoisotopic (exact) mass is 918 g/mol. The molecule has 0 aromatic heterocycles. The summed E-state index contributed by atoms with van der Waals surface area (Å²) in [5, 5.41) is 5.76. The zero-order chi connectivity index (χ0) is 46.8. The number of ether oxygens (including phenoxy) is 14. The van der Waals surface area contributed by atoms with E-state index in [1.807, 2.05) is 36.4 Å². The summed E-state index contributed by atoms with van der Waals surface area (Å²) in [5.74, 6) is -1.31. The Labute approximate surface area is 380 Å². The SMILES string of the molecule is COCC1OC(NC(=O)CCC(=O)OCC2c3ccccc3-c3ccccc32)C(OC)[C@@H](OC)[C@H]1O[C@@H]1OC(COC)[C@H](O[C@@H]2OC(C)[C@H](NC(C)=O)[C@H](OC)C2OC)[C@H](OC)C1OC. The van der Waals surface area contributed by atoms with Crippen LogP contribution in [-0.2, 0) is 80.7 Å². The van der Waals surface area contributed by atoms with Gasteiger partial charge in [-0.3, -0.25) is 14.4 Å². The number of amides is 2. The van der Waals surface area contributed by atoms with E-state index in [1.165, 1.54) is 63.8 Å². The first-order valence-corrected chi connectivity index (χ1v) is 21.8. The first kappa shape index (κ1) is 50.7. The Morgan fingerprint density at radius 3 is 1.57 bits per heavy atom. The van der Waals surface area contributed by atoms with E-state index in [4.69, 9.17) is 66.3 Å². The van der Waals surface area contributed by atoms with E-state index in [2.05, 4.69) is 22.8 Å². The summed E-state index contributed by atoms with van der Waals surface area (Å²) in [4.78, 5) is 38.5. The maximum Gasteiger partial charge on any atom is 0.306 e. The van der Waals surface area contributed by atoms with Crippen LogP contribution in [-0.4, -0.2) is 186 Å². The van der Waals surface area contributed by atoms with Gasteiger partial charge in [0, 0.05) is 76.1 Å². The molecule has 6 rings (SSSR count). The Bertz CT molecular complexity index is 1810. The molecule has 1 aliphatic carbocycles. The van der Waals surface area contributed by atoms with Crippen molar-refractivity contribution >= 4 is 17.8 Å². The van der Waals surface area contributed by atoms with Crippen LogP contribution < -0.4 is 10.6 Å². The highest BCUT2D eigenvalue weighted by Crippen LogP contribution is 2.44. The molecule has 3 aliphatic heterocycles. The molecule has 362 valence electrons. The molecule has 19 nitrogen and oxygen atoms in total. The summed E-state index contributed by atoms with van der Waals surface area (Å²) >= 11 is 0. The molecule has 4 aliphatic rings.